The quantitative estimate of drug-likeness (QED) is 0.834. The molecule has 132 valence electrons. The SMILES string of the molecule is CC(C)(C)c1cc2c(c([C@@H]3CCCN3)c1)CN(c1ccccc1)CC2. The lowest BCUT2D eigenvalue weighted by Gasteiger charge is -2.35. The second-order valence-electron chi connectivity index (χ2n) is 8.61. The van der Waals surface area contributed by atoms with Gasteiger partial charge >= 0.3 is 0 Å². The number of fused-ring (bicyclic) bond motifs is 1. The van der Waals surface area contributed by atoms with Crippen LogP contribution in [-0.2, 0) is 18.4 Å². The van der Waals surface area contributed by atoms with Gasteiger partial charge in [0.15, 0.2) is 0 Å². The summed E-state index contributed by atoms with van der Waals surface area (Å²) >= 11 is 0. The molecule has 1 saturated heterocycles. The zero-order chi connectivity index (χ0) is 17.4. The summed E-state index contributed by atoms with van der Waals surface area (Å²) in [6.07, 6.45) is 3.71. The topological polar surface area (TPSA) is 15.3 Å². The highest BCUT2D eigenvalue weighted by Gasteiger charge is 2.27. The Kier molecular flexibility index (Phi) is 4.33. The molecule has 2 aliphatic rings. The van der Waals surface area contributed by atoms with E-state index in [0.717, 1.165) is 26.1 Å². The molecule has 1 N–H and O–H groups in total. The minimum Gasteiger partial charge on any atom is -0.367 e. The first-order valence-electron chi connectivity index (χ1n) is 9.72. The Morgan fingerprint density at radius 2 is 1.88 bits per heavy atom. The van der Waals surface area contributed by atoms with Gasteiger partial charge in [0, 0.05) is 24.8 Å². The maximum atomic E-state index is 3.74. The summed E-state index contributed by atoms with van der Waals surface area (Å²) in [4.78, 5) is 2.54. The highest BCUT2D eigenvalue weighted by Crippen LogP contribution is 2.36. The normalized spacial score (nSPS) is 20.6. The lowest BCUT2D eigenvalue weighted by Crippen LogP contribution is -2.32. The van der Waals surface area contributed by atoms with Crippen molar-refractivity contribution in [3.63, 3.8) is 0 Å². The van der Waals surface area contributed by atoms with Gasteiger partial charge in [-0.05, 0) is 65.6 Å². The van der Waals surface area contributed by atoms with E-state index in [1.54, 1.807) is 16.7 Å². The van der Waals surface area contributed by atoms with Crippen molar-refractivity contribution in [2.45, 2.75) is 58.0 Å². The Balaban J connectivity index is 1.75. The summed E-state index contributed by atoms with van der Waals surface area (Å²) in [5, 5.41) is 3.74. The molecule has 0 unspecified atom stereocenters. The van der Waals surface area contributed by atoms with Gasteiger partial charge in [-0.1, -0.05) is 51.1 Å². The Labute approximate surface area is 152 Å². The Bertz CT molecular complexity index is 737. The van der Waals surface area contributed by atoms with E-state index in [9.17, 15) is 0 Å². The third-order valence-electron chi connectivity index (χ3n) is 5.80. The number of hydrogen-bond donors (Lipinski definition) is 1. The van der Waals surface area contributed by atoms with E-state index in [-0.39, 0.29) is 5.41 Å². The summed E-state index contributed by atoms with van der Waals surface area (Å²) in [7, 11) is 0. The molecule has 25 heavy (non-hydrogen) atoms. The van der Waals surface area contributed by atoms with Crippen LogP contribution >= 0.6 is 0 Å². The van der Waals surface area contributed by atoms with E-state index in [0.29, 0.717) is 6.04 Å². The summed E-state index contributed by atoms with van der Waals surface area (Å²) < 4.78 is 0. The van der Waals surface area contributed by atoms with Crippen LogP contribution in [0.4, 0.5) is 5.69 Å². The fourth-order valence-corrected chi connectivity index (χ4v) is 4.25. The summed E-state index contributed by atoms with van der Waals surface area (Å²) in [5.41, 5.74) is 7.74. The van der Waals surface area contributed by atoms with E-state index in [2.05, 4.69) is 73.5 Å². The lowest BCUT2D eigenvalue weighted by atomic mass is 9.80. The van der Waals surface area contributed by atoms with Crippen molar-refractivity contribution in [3.8, 4) is 0 Å². The summed E-state index contributed by atoms with van der Waals surface area (Å²) in [6.45, 7) is 10.3. The molecule has 0 aliphatic carbocycles. The number of para-hydroxylation sites is 1. The molecule has 2 heteroatoms. The molecule has 2 aromatic rings. The van der Waals surface area contributed by atoms with Crippen LogP contribution in [0.1, 0.15) is 61.9 Å². The van der Waals surface area contributed by atoms with Gasteiger partial charge in [-0.3, -0.25) is 0 Å². The zero-order valence-corrected chi connectivity index (χ0v) is 15.8. The number of rotatable bonds is 2. The van der Waals surface area contributed by atoms with E-state index in [1.165, 1.54) is 24.1 Å². The third kappa shape index (κ3) is 3.32. The molecule has 0 amide bonds. The van der Waals surface area contributed by atoms with Crippen LogP contribution in [-0.4, -0.2) is 13.1 Å². The van der Waals surface area contributed by atoms with Gasteiger partial charge in [-0.25, -0.2) is 0 Å². The Morgan fingerprint density at radius 3 is 2.56 bits per heavy atom. The fourth-order valence-electron chi connectivity index (χ4n) is 4.25. The smallest absolute Gasteiger partial charge is 0.0435 e. The summed E-state index contributed by atoms with van der Waals surface area (Å²) in [6, 6.07) is 16.4. The maximum absolute atomic E-state index is 3.74. The molecule has 2 heterocycles. The number of hydrogen-bond acceptors (Lipinski definition) is 2. The number of benzene rings is 2. The molecule has 2 aromatic carbocycles. The molecule has 1 atom stereocenters. The average Bonchev–Trinajstić information content (AvgIpc) is 3.15. The minimum atomic E-state index is 0.207. The zero-order valence-electron chi connectivity index (χ0n) is 15.8. The van der Waals surface area contributed by atoms with Gasteiger partial charge in [0.05, 0.1) is 0 Å². The van der Waals surface area contributed by atoms with Crippen LogP contribution in [0.15, 0.2) is 42.5 Å². The van der Waals surface area contributed by atoms with E-state index < -0.39 is 0 Å². The molecule has 4 rings (SSSR count). The van der Waals surface area contributed by atoms with Crippen LogP contribution in [0.5, 0.6) is 0 Å². The predicted octanol–water partition coefficient (Wildman–Crippen LogP) is 4.97. The molecule has 2 nitrogen and oxygen atoms in total. The second kappa shape index (κ2) is 6.49. The minimum absolute atomic E-state index is 0.207. The predicted molar refractivity (Wildman–Crippen MR) is 106 cm³/mol. The Hall–Kier alpha value is -1.80. The first-order valence-corrected chi connectivity index (χ1v) is 9.72. The van der Waals surface area contributed by atoms with Gasteiger partial charge in [-0.15, -0.1) is 0 Å². The largest absolute Gasteiger partial charge is 0.367 e. The van der Waals surface area contributed by atoms with Crippen molar-refractivity contribution in [2.75, 3.05) is 18.0 Å². The molecule has 0 aromatic heterocycles. The van der Waals surface area contributed by atoms with Crippen molar-refractivity contribution in [3.05, 3.63) is 64.7 Å². The third-order valence-corrected chi connectivity index (χ3v) is 5.80. The molecule has 0 spiro atoms. The van der Waals surface area contributed by atoms with Crippen LogP contribution < -0.4 is 10.2 Å². The van der Waals surface area contributed by atoms with Crippen LogP contribution in [0.25, 0.3) is 0 Å². The molecular weight excluding hydrogens is 304 g/mol. The second-order valence-corrected chi connectivity index (χ2v) is 8.61. The van der Waals surface area contributed by atoms with E-state index >= 15 is 0 Å². The van der Waals surface area contributed by atoms with Crippen LogP contribution in [0.2, 0.25) is 0 Å². The molecule has 0 radical (unpaired) electrons. The van der Waals surface area contributed by atoms with E-state index in [4.69, 9.17) is 0 Å². The van der Waals surface area contributed by atoms with Crippen LogP contribution in [0.3, 0.4) is 0 Å². The molecular formula is C23H30N2. The number of nitrogens with one attached hydrogen (secondary N) is 1. The van der Waals surface area contributed by atoms with Crippen LogP contribution in [0, 0.1) is 0 Å². The van der Waals surface area contributed by atoms with Gasteiger partial charge < -0.3 is 10.2 Å². The average molecular weight is 335 g/mol. The lowest BCUT2D eigenvalue weighted by molar-refractivity contribution is 0.576. The van der Waals surface area contributed by atoms with Crippen molar-refractivity contribution < 1.29 is 0 Å². The Morgan fingerprint density at radius 1 is 1.08 bits per heavy atom. The standard InChI is InChI=1S/C23H30N2/c1-23(2,3)18-14-17-11-13-25(19-8-5-4-6-9-19)16-21(17)20(15-18)22-10-7-12-24-22/h4-6,8-9,14-15,22,24H,7,10-13,16H2,1-3H3/t22-/m0/s1. The first kappa shape index (κ1) is 16.7. The van der Waals surface area contributed by atoms with Crippen molar-refractivity contribution in [1.82, 2.24) is 5.32 Å². The monoisotopic (exact) mass is 334 g/mol. The maximum Gasteiger partial charge on any atom is 0.0435 e. The molecule has 2 aliphatic heterocycles. The molecule has 0 saturated carbocycles. The molecule has 0 bridgehead atoms. The number of nitrogens with zero attached hydrogens (tertiary/aromatic N) is 1. The number of anilines is 1. The van der Waals surface area contributed by atoms with Crippen molar-refractivity contribution in [1.29, 1.82) is 0 Å². The highest BCUT2D eigenvalue weighted by molar-refractivity contribution is 5.53. The van der Waals surface area contributed by atoms with Crippen molar-refractivity contribution >= 4 is 5.69 Å². The molecule has 1 fully saturated rings. The summed E-state index contributed by atoms with van der Waals surface area (Å²) in [5.74, 6) is 0. The fraction of sp³-hybridized carbons (Fsp3) is 0.478. The van der Waals surface area contributed by atoms with Gasteiger partial charge in [0.2, 0.25) is 0 Å². The van der Waals surface area contributed by atoms with Gasteiger partial charge in [-0.2, -0.15) is 0 Å². The van der Waals surface area contributed by atoms with Crippen molar-refractivity contribution in [2.24, 2.45) is 0 Å². The van der Waals surface area contributed by atoms with E-state index in [1.807, 2.05) is 0 Å². The van der Waals surface area contributed by atoms with Gasteiger partial charge in [0.1, 0.15) is 0 Å². The first-order chi connectivity index (χ1) is 12.0. The highest BCUT2D eigenvalue weighted by atomic mass is 15.1. The van der Waals surface area contributed by atoms with Gasteiger partial charge in [0.25, 0.3) is 0 Å².